The molecular formula is C46H62N4O11. The molecule has 15 heteroatoms. The number of carbonyl (C=O) groups excluding carboxylic acids is 1. The molecule has 6 atom stereocenters. The summed E-state index contributed by atoms with van der Waals surface area (Å²) in [5.41, 5.74) is 3.24. The largest absolute Gasteiger partial charge is 0.492 e. The van der Waals surface area contributed by atoms with Crippen molar-refractivity contribution in [3.63, 3.8) is 0 Å². The second-order valence-corrected chi connectivity index (χ2v) is 16.8. The number of non-ortho nitro benzene ring substituents is 1. The standard InChI is InChI=1S/C46H62N4O11/c1-2-24-59-46-42(49(20-25-57-27-23-53)45(54)33-11-12-33)30-40(47-60-31-32-9-13-35(14-10-32)50(55)56)38-28-34(7-3-5-21-51)37(8-4-6-22-52)43(44(38)46)39-29-36(15-16-41(39)61-46)58-26-19-48-17-18-48/h2,9-10,13-16,28-29,33-34,37,42-44,51-53H,1,3-8,11-12,17-27,30-31H2. The fourth-order valence-corrected chi connectivity index (χ4v) is 9.54. The van der Waals surface area contributed by atoms with Gasteiger partial charge in [-0.25, -0.2) is 0 Å². The number of nitro benzene ring substituents is 1. The minimum absolute atomic E-state index is 0.0176. The number of aliphatic hydroxyl groups is 3. The van der Waals surface area contributed by atoms with Gasteiger partial charge in [-0.2, -0.15) is 0 Å². The van der Waals surface area contributed by atoms with Crippen molar-refractivity contribution in [3.05, 3.63) is 88.0 Å². The Morgan fingerprint density at radius 2 is 1.79 bits per heavy atom. The Morgan fingerprint density at radius 3 is 2.48 bits per heavy atom. The fraction of sp³-hybridized carbons (Fsp3) is 0.609. The van der Waals surface area contributed by atoms with E-state index in [1.807, 2.05) is 17.0 Å². The normalized spacial score (nSPS) is 25.8. The van der Waals surface area contributed by atoms with E-state index in [4.69, 9.17) is 28.9 Å². The number of nitrogens with zero attached hydrogens (tertiary/aromatic N) is 4. The lowest BCUT2D eigenvalue weighted by molar-refractivity contribution is -0.384. The van der Waals surface area contributed by atoms with Crippen LogP contribution >= 0.6 is 0 Å². The van der Waals surface area contributed by atoms with Crippen molar-refractivity contribution in [3.8, 4) is 11.5 Å². The Bertz CT molecular complexity index is 1870. The van der Waals surface area contributed by atoms with Crippen molar-refractivity contribution in [2.45, 2.75) is 82.1 Å². The van der Waals surface area contributed by atoms with E-state index in [0.29, 0.717) is 36.5 Å². The van der Waals surface area contributed by atoms with Gasteiger partial charge in [0.1, 0.15) is 30.8 Å². The van der Waals surface area contributed by atoms with Crippen molar-refractivity contribution < 1.29 is 48.8 Å². The number of rotatable bonds is 26. The lowest BCUT2D eigenvalue weighted by Crippen LogP contribution is -2.70. The Balaban J connectivity index is 1.38. The number of fused-ring (bicyclic) bond motifs is 2. The second kappa shape index (κ2) is 21.1. The third-order valence-electron chi connectivity index (χ3n) is 12.7. The van der Waals surface area contributed by atoms with E-state index < -0.39 is 22.7 Å². The third-order valence-corrected chi connectivity index (χ3v) is 12.7. The highest BCUT2D eigenvalue weighted by Crippen LogP contribution is 2.62. The highest BCUT2D eigenvalue weighted by molar-refractivity contribution is 6.03. The molecule has 332 valence electrons. The van der Waals surface area contributed by atoms with Gasteiger partial charge in [0.05, 0.1) is 43.0 Å². The lowest BCUT2D eigenvalue weighted by Gasteiger charge is -2.60. The molecule has 2 aromatic carbocycles. The van der Waals surface area contributed by atoms with Gasteiger partial charge in [-0.15, -0.1) is 6.58 Å². The summed E-state index contributed by atoms with van der Waals surface area (Å²) in [5, 5.41) is 45.6. The van der Waals surface area contributed by atoms with Crippen LogP contribution in [0.15, 0.2) is 71.9 Å². The molecule has 1 saturated heterocycles. The van der Waals surface area contributed by atoms with Crippen molar-refractivity contribution in [2.24, 2.45) is 28.8 Å². The summed E-state index contributed by atoms with van der Waals surface area (Å²) in [6.45, 7) is 8.37. The smallest absolute Gasteiger partial charge is 0.269 e. The minimum atomic E-state index is -1.40. The first kappa shape index (κ1) is 44.7. The number of unbranched alkanes of at least 4 members (excludes halogenated alkanes) is 2. The predicted octanol–water partition coefficient (Wildman–Crippen LogP) is 5.37. The summed E-state index contributed by atoms with van der Waals surface area (Å²) in [6.07, 6.45) is 10.3. The van der Waals surface area contributed by atoms with Crippen LogP contribution in [0, 0.1) is 33.8 Å². The average Bonchev–Trinajstić information content (AvgIpc) is 4.21. The van der Waals surface area contributed by atoms with Gasteiger partial charge in [-0.05, 0) is 91.8 Å². The van der Waals surface area contributed by atoms with Gasteiger partial charge in [0.25, 0.3) is 5.69 Å². The van der Waals surface area contributed by atoms with Gasteiger partial charge in [-0.1, -0.05) is 30.1 Å². The maximum atomic E-state index is 14.6. The number of hydrogen-bond acceptors (Lipinski definition) is 13. The molecule has 5 aliphatic rings. The molecule has 0 radical (unpaired) electrons. The minimum Gasteiger partial charge on any atom is -0.492 e. The number of ether oxygens (including phenoxy) is 4. The van der Waals surface area contributed by atoms with Gasteiger partial charge in [-0.3, -0.25) is 19.8 Å². The average molecular weight is 847 g/mol. The van der Waals surface area contributed by atoms with Crippen LogP contribution in [-0.4, -0.2) is 126 Å². The van der Waals surface area contributed by atoms with Crippen molar-refractivity contribution in [1.82, 2.24) is 9.80 Å². The topological polar surface area (TPSA) is 186 Å². The highest BCUT2D eigenvalue weighted by atomic mass is 16.7. The molecule has 2 saturated carbocycles. The Morgan fingerprint density at radius 1 is 1.02 bits per heavy atom. The summed E-state index contributed by atoms with van der Waals surface area (Å²) in [6, 6.07) is 11.5. The fourth-order valence-electron chi connectivity index (χ4n) is 9.54. The lowest BCUT2D eigenvalue weighted by atomic mass is 9.55. The molecule has 61 heavy (non-hydrogen) atoms. The molecule has 15 nitrogen and oxygen atoms in total. The molecule has 2 aromatic rings. The molecule has 6 unspecified atom stereocenters. The summed E-state index contributed by atoms with van der Waals surface area (Å²) < 4.78 is 26.5. The molecule has 3 fully saturated rings. The van der Waals surface area contributed by atoms with E-state index in [0.717, 1.165) is 75.0 Å². The van der Waals surface area contributed by atoms with E-state index in [-0.39, 0.29) is 94.5 Å². The molecule has 3 N–H and O–H groups in total. The molecule has 2 heterocycles. The monoisotopic (exact) mass is 846 g/mol. The predicted molar refractivity (Wildman–Crippen MR) is 227 cm³/mol. The highest BCUT2D eigenvalue weighted by Gasteiger charge is 2.66. The quantitative estimate of drug-likeness (QED) is 0.0362. The van der Waals surface area contributed by atoms with Crippen LogP contribution in [0.1, 0.15) is 74.8 Å². The van der Waals surface area contributed by atoms with Gasteiger partial charge in [0.15, 0.2) is 0 Å². The van der Waals surface area contributed by atoms with Crippen molar-refractivity contribution in [2.75, 3.05) is 72.4 Å². The van der Waals surface area contributed by atoms with Gasteiger partial charge >= 0.3 is 0 Å². The maximum Gasteiger partial charge on any atom is 0.269 e. The van der Waals surface area contributed by atoms with Gasteiger partial charge in [0.2, 0.25) is 11.7 Å². The summed E-state index contributed by atoms with van der Waals surface area (Å²) in [5.74, 6) is -0.724. The first-order chi connectivity index (χ1) is 29.8. The number of hydrogen-bond donors (Lipinski definition) is 3. The molecule has 0 bridgehead atoms. The van der Waals surface area contributed by atoms with E-state index in [2.05, 4.69) is 23.6 Å². The maximum absolute atomic E-state index is 14.6. The van der Waals surface area contributed by atoms with Crippen LogP contribution < -0.4 is 9.47 Å². The zero-order chi connectivity index (χ0) is 42.8. The third kappa shape index (κ3) is 10.6. The van der Waals surface area contributed by atoms with Gasteiger partial charge in [0, 0.05) is 75.3 Å². The van der Waals surface area contributed by atoms with E-state index in [1.165, 1.54) is 12.1 Å². The number of carbonyl (C=O) groups is 1. The van der Waals surface area contributed by atoms with Crippen LogP contribution in [-0.2, 0) is 25.7 Å². The Kier molecular flexibility index (Phi) is 15.5. The van der Waals surface area contributed by atoms with Crippen molar-refractivity contribution >= 4 is 17.3 Å². The Hall–Kier alpha value is -4.38. The number of amides is 1. The number of allylic oxidation sites excluding steroid dienone is 1. The Labute approximate surface area is 358 Å². The van der Waals surface area contributed by atoms with Gasteiger partial charge < -0.3 is 44.0 Å². The van der Waals surface area contributed by atoms with Crippen LogP contribution in [0.2, 0.25) is 0 Å². The van der Waals surface area contributed by atoms with Crippen molar-refractivity contribution in [1.29, 1.82) is 0 Å². The molecule has 0 spiro atoms. The second-order valence-electron chi connectivity index (χ2n) is 16.8. The summed E-state index contributed by atoms with van der Waals surface area (Å²) in [4.78, 5) is 35.8. The van der Waals surface area contributed by atoms with Crippen LogP contribution in [0.4, 0.5) is 5.69 Å². The number of aliphatic hydroxyl groups excluding tert-OH is 3. The molecule has 7 rings (SSSR count). The zero-order valence-electron chi connectivity index (χ0n) is 35.1. The first-order valence-electron chi connectivity index (χ1n) is 22.1. The zero-order valence-corrected chi connectivity index (χ0v) is 35.1. The molecule has 3 aliphatic carbocycles. The van der Waals surface area contributed by atoms with Crippen LogP contribution in [0.5, 0.6) is 11.5 Å². The van der Waals surface area contributed by atoms with E-state index >= 15 is 0 Å². The number of nitro groups is 1. The van der Waals surface area contributed by atoms with E-state index in [1.54, 1.807) is 18.2 Å². The van der Waals surface area contributed by atoms with Crippen LogP contribution in [0.3, 0.4) is 0 Å². The first-order valence-corrected chi connectivity index (χ1v) is 22.1. The summed E-state index contributed by atoms with van der Waals surface area (Å²) >= 11 is 0. The number of benzene rings is 2. The molecule has 1 amide bonds. The van der Waals surface area contributed by atoms with E-state index in [9.17, 15) is 30.2 Å². The molecule has 0 aromatic heterocycles. The summed E-state index contributed by atoms with van der Waals surface area (Å²) in [7, 11) is 0. The molecular weight excluding hydrogens is 785 g/mol. The molecule has 2 aliphatic heterocycles. The number of oxime groups is 1. The van der Waals surface area contributed by atoms with Crippen LogP contribution in [0.25, 0.3) is 0 Å². The SMILES string of the molecule is C=CCOC12Oc3ccc(OCCN4CC4)cc3C3C(CCCCO)C(CCCCO)C=C(C(=NOCc4ccc([N+](=O)[O-])cc4)CC1N(CCOCCO)C(=O)C1CC1)C32.